The van der Waals surface area contributed by atoms with E-state index in [0.29, 0.717) is 24.0 Å². The number of fused-ring (bicyclic) bond motifs is 1. The number of benzene rings is 1. The molecular formula is C16H15N5O3. The number of aromatic nitrogens is 4. The van der Waals surface area contributed by atoms with Crippen LogP contribution in [0.4, 0.5) is 5.69 Å². The number of nitrogens with zero attached hydrogens (tertiary/aromatic N) is 5. The first-order valence-electron chi connectivity index (χ1n) is 7.57. The Labute approximate surface area is 137 Å². The number of likely N-dealkylation sites (N-methyl/N-ethyl adjacent to an activating group) is 1. The molecule has 0 bridgehead atoms. The Hall–Kier alpha value is -3.16. The third-order valence-electron chi connectivity index (χ3n) is 3.94. The Bertz CT molecular complexity index is 914. The topological polar surface area (TPSA) is 86.3 Å². The Balaban J connectivity index is 1.73. The summed E-state index contributed by atoms with van der Waals surface area (Å²) in [5.41, 5.74) is 2.21. The molecule has 1 aliphatic heterocycles. The van der Waals surface area contributed by atoms with E-state index in [1.165, 1.54) is 0 Å². The molecule has 122 valence electrons. The van der Waals surface area contributed by atoms with Gasteiger partial charge in [0.2, 0.25) is 5.82 Å². The minimum absolute atomic E-state index is 0.0625. The standard InChI is InChI=1S/C16H15N5O3/c1-3-21-12-8-10(4-5-13(12)23-9-14(21)22)15-18-16(24-19-15)11-6-7-17-20(11)2/h4-8H,3,9H2,1-2H3. The highest BCUT2D eigenvalue weighted by Gasteiger charge is 2.25. The van der Waals surface area contributed by atoms with Crippen molar-refractivity contribution in [2.75, 3.05) is 18.1 Å². The zero-order valence-electron chi connectivity index (χ0n) is 13.3. The highest BCUT2D eigenvalue weighted by molar-refractivity contribution is 5.98. The minimum atomic E-state index is -0.0640. The third-order valence-corrected chi connectivity index (χ3v) is 3.94. The summed E-state index contributed by atoms with van der Waals surface area (Å²) in [6, 6.07) is 7.31. The summed E-state index contributed by atoms with van der Waals surface area (Å²) < 4.78 is 12.5. The van der Waals surface area contributed by atoms with E-state index in [-0.39, 0.29) is 12.5 Å². The Morgan fingerprint density at radius 3 is 2.92 bits per heavy atom. The quantitative estimate of drug-likeness (QED) is 0.731. The van der Waals surface area contributed by atoms with E-state index in [1.54, 1.807) is 28.9 Å². The fourth-order valence-electron chi connectivity index (χ4n) is 2.72. The van der Waals surface area contributed by atoms with Gasteiger partial charge >= 0.3 is 0 Å². The summed E-state index contributed by atoms with van der Waals surface area (Å²) in [6.45, 7) is 2.56. The van der Waals surface area contributed by atoms with Crippen molar-refractivity contribution in [3.63, 3.8) is 0 Å². The Morgan fingerprint density at radius 1 is 1.29 bits per heavy atom. The van der Waals surface area contributed by atoms with Crippen molar-refractivity contribution in [3.8, 4) is 28.7 Å². The van der Waals surface area contributed by atoms with Gasteiger partial charge in [-0.25, -0.2) is 0 Å². The average molecular weight is 325 g/mol. The number of carbonyl (C=O) groups excluding carboxylic acids is 1. The van der Waals surface area contributed by atoms with E-state index in [1.807, 2.05) is 25.1 Å². The second-order valence-corrected chi connectivity index (χ2v) is 5.37. The van der Waals surface area contributed by atoms with Crippen LogP contribution in [0.1, 0.15) is 6.92 Å². The maximum Gasteiger partial charge on any atom is 0.276 e. The predicted octanol–water partition coefficient (Wildman–Crippen LogP) is 1.88. The molecule has 3 heterocycles. The highest BCUT2D eigenvalue weighted by Crippen LogP contribution is 2.35. The zero-order valence-corrected chi connectivity index (χ0v) is 13.3. The lowest BCUT2D eigenvalue weighted by Gasteiger charge is -2.28. The first kappa shape index (κ1) is 14.4. The van der Waals surface area contributed by atoms with Crippen LogP contribution in [-0.4, -0.2) is 39.0 Å². The number of carbonyl (C=O) groups is 1. The lowest BCUT2D eigenvalue weighted by atomic mass is 10.1. The molecule has 0 spiro atoms. The first-order valence-corrected chi connectivity index (χ1v) is 7.57. The molecule has 1 aromatic carbocycles. The number of ether oxygens (including phenoxy) is 1. The van der Waals surface area contributed by atoms with Crippen LogP contribution in [0.5, 0.6) is 5.75 Å². The number of hydrogen-bond acceptors (Lipinski definition) is 6. The zero-order chi connectivity index (χ0) is 16.7. The summed E-state index contributed by atoms with van der Waals surface area (Å²) in [4.78, 5) is 18.1. The van der Waals surface area contributed by atoms with E-state index in [9.17, 15) is 4.79 Å². The molecule has 0 atom stereocenters. The average Bonchev–Trinajstić information content (AvgIpc) is 3.23. The van der Waals surface area contributed by atoms with Gasteiger partial charge < -0.3 is 14.2 Å². The highest BCUT2D eigenvalue weighted by atomic mass is 16.5. The molecule has 0 N–H and O–H groups in total. The molecule has 0 saturated carbocycles. The molecule has 8 nitrogen and oxygen atoms in total. The van der Waals surface area contributed by atoms with E-state index < -0.39 is 0 Å². The van der Waals surface area contributed by atoms with Crippen LogP contribution < -0.4 is 9.64 Å². The summed E-state index contributed by atoms with van der Waals surface area (Å²) in [6.07, 6.45) is 1.67. The monoisotopic (exact) mass is 325 g/mol. The van der Waals surface area contributed by atoms with Crippen molar-refractivity contribution in [1.82, 2.24) is 19.9 Å². The maximum absolute atomic E-state index is 12.0. The van der Waals surface area contributed by atoms with Crippen molar-refractivity contribution in [3.05, 3.63) is 30.5 Å². The van der Waals surface area contributed by atoms with E-state index in [2.05, 4.69) is 15.2 Å². The number of aryl methyl sites for hydroxylation is 1. The van der Waals surface area contributed by atoms with Gasteiger partial charge in [-0.15, -0.1) is 0 Å². The van der Waals surface area contributed by atoms with Crippen molar-refractivity contribution in [2.45, 2.75) is 6.92 Å². The van der Waals surface area contributed by atoms with Crippen molar-refractivity contribution < 1.29 is 14.1 Å². The van der Waals surface area contributed by atoms with Gasteiger partial charge in [-0.05, 0) is 31.2 Å². The molecule has 2 aromatic heterocycles. The molecule has 0 aliphatic carbocycles. The van der Waals surface area contributed by atoms with Crippen LogP contribution in [0.25, 0.3) is 23.0 Å². The van der Waals surface area contributed by atoms with Crippen LogP contribution in [0.2, 0.25) is 0 Å². The van der Waals surface area contributed by atoms with Gasteiger partial charge in [0.15, 0.2) is 6.61 Å². The van der Waals surface area contributed by atoms with Crippen LogP contribution in [0.15, 0.2) is 35.0 Å². The second-order valence-electron chi connectivity index (χ2n) is 5.37. The van der Waals surface area contributed by atoms with Crippen LogP contribution in [0.3, 0.4) is 0 Å². The van der Waals surface area contributed by atoms with E-state index >= 15 is 0 Å². The van der Waals surface area contributed by atoms with Gasteiger partial charge in [-0.2, -0.15) is 10.1 Å². The summed E-state index contributed by atoms with van der Waals surface area (Å²) in [7, 11) is 1.81. The molecule has 0 saturated heterocycles. The molecule has 8 heteroatoms. The SMILES string of the molecule is CCN1C(=O)COc2ccc(-c3noc(-c4ccnn4C)n3)cc21. The maximum atomic E-state index is 12.0. The molecular weight excluding hydrogens is 310 g/mol. The van der Waals surface area contributed by atoms with Crippen LogP contribution in [0, 0.1) is 0 Å². The Kier molecular flexibility index (Phi) is 3.30. The molecule has 0 fully saturated rings. The summed E-state index contributed by atoms with van der Waals surface area (Å²) in [5.74, 6) is 1.45. The molecule has 4 rings (SSSR count). The fraction of sp³-hybridized carbons (Fsp3) is 0.250. The van der Waals surface area contributed by atoms with E-state index in [0.717, 1.165) is 16.9 Å². The van der Waals surface area contributed by atoms with Gasteiger partial charge in [0, 0.05) is 25.4 Å². The largest absolute Gasteiger partial charge is 0.482 e. The summed E-state index contributed by atoms with van der Waals surface area (Å²) in [5, 5.41) is 8.12. The normalized spacial score (nSPS) is 13.8. The number of rotatable bonds is 3. The van der Waals surface area contributed by atoms with Crippen LogP contribution >= 0.6 is 0 Å². The molecule has 0 unspecified atom stereocenters. The van der Waals surface area contributed by atoms with Crippen molar-refractivity contribution in [1.29, 1.82) is 0 Å². The molecule has 1 amide bonds. The van der Waals surface area contributed by atoms with Crippen molar-refractivity contribution >= 4 is 11.6 Å². The number of amides is 1. The molecule has 0 radical (unpaired) electrons. The molecule has 1 aliphatic rings. The van der Waals surface area contributed by atoms with Gasteiger partial charge in [-0.1, -0.05) is 5.16 Å². The smallest absolute Gasteiger partial charge is 0.276 e. The molecule has 3 aromatic rings. The minimum Gasteiger partial charge on any atom is -0.482 e. The van der Waals surface area contributed by atoms with Gasteiger partial charge in [0.1, 0.15) is 11.4 Å². The van der Waals surface area contributed by atoms with Gasteiger partial charge in [-0.3, -0.25) is 9.48 Å². The number of hydrogen-bond donors (Lipinski definition) is 0. The fourth-order valence-corrected chi connectivity index (χ4v) is 2.72. The van der Waals surface area contributed by atoms with Crippen molar-refractivity contribution in [2.24, 2.45) is 7.05 Å². The molecule has 24 heavy (non-hydrogen) atoms. The van der Waals surface area contributed by atoms with E-state index in [4.69, 9.17) is 9.26 Å². The number of anilines is 1. The third kappa shape index (κ3) is 2.23. The van der Waals surface area contributed by atoms with Crippen LogP contribution in [-0.2, 0) is 11.8 Å². The Morgan fingerprint density at radius 2 is 2.17 bits per heavy atom. The lowest BCUT2D eigenvalue weighted by molar-refractivity contribution is -0.121. The predicted molar refractivity (Wildman–Crippen MR) is 85.5 cm³/mol. The lowest BCUT2D eigenvalue weighted by Crippen LogP contribution is -2.38. The summed E-state index contributed by atoms with van der Waals surface area (Å²) >= 11 is 0. The van der Waals surface area contributed by atoms with Gasteiger partial charge in [0.25, 0.3) is 11.8 Å². The first-order chi connectivity index (χ1) is 11.7. The van der Waals surface area contributed by atoms with Gasteiger partial charge in [0.05, 0.1) is 5.69 Å². The second kappa shape index (κ2) is 5.48.